The van der Waals surface area contributed by atoms with Gasteiger partial charge in [0.2, 0.25) is 5.91 Å². The highest BCUT2D eigenvalue weighted by molar-refractivity contribution is 5.91. The molecular weight excluding hydrogens is 487 g/mol. The van der Waals surface area contributed by atoms with E-state index in [4.69, 9.17) is 13.9 Å². The maximum absolute atomic E-state index is 13.7. The molecule has 1 fully saturated rings. The minimum atomic E-state index is -0.333. The van der Waals surface area contributed by atoms with Crippen LogP contribution in [0, 0.1) is 11.7 Å². The average molecular weight is 521 g/mol. The van der Waals surface area contributed by atoms with Crippen LogP contribution in [-0.4, -0.2) is 42.5 Å². The van der Waals surface area contributed by atoms with E-state index in [1.807, 2.05) is 36.9 Å². The number of fused-ring (bicyclic) bond motifs is 1. The fourth-order valence-corrected chi connectivity index (χ4v) is 5.09. The van der Waals surface area contributed by atoms with Crippen molar-refractivity contribution in [2.24, 2.45) is 5.92 Å². The van der Waals surface area contributed by atoms with Gasteiger partial charge in [-0.3, -0.25) is 9.59 Å². The van der Waals surface area contributed by atoms with Crippen LogP contribution in [0.1, 0.15) is 65.7 Å². The first-order chi connectivity index (χ1) is 18.4. The Kier molecular flexibility index (Phi) is 7.79. The van der Waals surface area contributed by atoms with Gasteiger partial charge in [0.05, 0.1) is 12.1 Å². The number of furan rings is 1. The van der Waals surface area contributed by atoms with Crippen molar-refractivity contribution >= 4 is 11.8 Å². The molecule has 3 heterocycles. The Morgan fingerprint density at radius 3 is 2.68 bits per heavy atom. The van der Waals surface area contributed by atoms with E-state index < -0.39 is 0 Å². The van der Waals surface area contributed by atoms with Crippen molar-refractivity contribution in [2.45, 2.75) is 51.9 Å². The zero-order chi connectivity index (χ0) is 26.6. The largest absolute Gasteiger partial charge is 0.486 e. The molecular formula is C30H33FN2O5. The number of carbonyl (C=O) groups is 2. The van der Waals surface area contributed by atoms with Gasteiger partial charge in [-0.15, -0.1) is 0 Å². The first-order valence-corrected chi connectivity index (χ1v) is 13.2. The van der Waals surface area contributed by atoms with E-state index in [-0.39, 0.29) is 48.1 Å². The number of benzene rings is 2. The summed E-state index contributed by atoms with van der Waals surface area (Å²) in [5.41, 5.74) is 2.94. The molecule has 2 aliphatic heterocycles. The summed E-state index contributed by atoms with van der Waals surface area (Å²) in [5, 5.41) is 2.85. The summed E-state index contributed by atoms with van der Waals surface area (Å²) < 4.78 is 31.0. The fraction of sp³-hybridized carbons (Fsp3) is 0.400. The third-order valence-corrected chi connectivity index (χ3v) is 7.09. The minimum Gasteiger partial charge on any atom is -0.486 e. The second-order valence-corrected chi connectivity index (χ2v) is 10.2. The van der Waals surface area contributed by atoms with Gasteiger partial charge in [0, 0.05) is 25.6 Å². The molecule has 200 valence electrons. The van der Waals surface area contributed by atoms with Gasteiger partial charge in [0.15, 0.2) is 5.76 Å². The molecule has 0 radical (unpaired) electrons. The zero-order valence-corrected chi connectivity index (χ0v) is 21.7. The molecule has 2 atom stereocenters. The van der Waals surface area contributed by atoms with Crippen LogP contribution in [0.4, 0.5) is 4.39 Å². The van der Waals surface area contributed by atoms with Crippen LogP contribution in [0.15, 0.2) is 59.0 Å². The van der Waals surface area contributed by atoms with E-state index in [1.54, 1.807) is 24.3 Å². The molecule has 0 spiro atoms. The number of nitrogens with one attached hydrogen (secondary N) is 1. The second kappa shape index (κ2) is 11.4. The summed E-state index contributed by atoms with van der Waals surface area (Å²) in [7, 11) is 0. The van der Waals surface area contributed by atoms with Crippen LogP contribution in [0.2, 0.25) is 0 Å². The second-order valence-electron chi connectivity index (χ2n) is 10.2. The van der Waals surface area contributed by atoms with E-state index in [0.29, 0.717) is 24.6 Å². The number of halogens is 1. The summed E-state index contributed by atoms with van der Waals surface area (Å²) in [6.07, 6.45) is 2.76. The number of hydrogen-bond acceptors (Lipinski definition) is 5. The van der Waals surface area contributed by atoms with Crippen molar-refractivity contribution in [2.75, 3.05) is 19.7 Å². The molecule has 2 aliphatic rings. The molecule has 3 aromatic rings. The van der Waals surface area contributed by atoms with Crippen molar-refractivity contribution in [3.8, 4) is 5.75 Å². The normalized spacial score (nSPS) is 18.9. The number of carbonyl (C=O) groups excluding carboxylic acids is 2. The van der Waals surface area contributed by atoms with Gasteiger partial charge in [0.1, 0.15) is 23.9 Å². The summed E-state index contributed by atoms with van der Waals surface area (Å²) >= 11 is 0. The lowest BCUT2D eigenvalue weighted by atomic mass is 9.87. The first-order valence-electron chi connectivity index (χ1n) is 13.2. The van der Waals surface area contributed by atoms with Gasteiger partial charge >= 0.3 is 0 Å². The van der Waals surface area contributed by atoms with Gasteiger partial charge < -0.3 is 24.1 Å². The van der Waals surface area contributed by atoms with Crippen LogP contribution in [0.5, 0.6) is 5.75 Å². The Labute approximate surface area is 221 Å². The van der Waals surface area contributed by atoms with Crippen molar-refractivity contribution in [1.29, 1.82) is 0 Å². The van der Waals surface area contributed by atoms with Crippen LogP contribution < -0.4 is 10.1 Å². The van der Waals surface area contributed by atoms with Crippen LogP contribution in [-0.2, 0) is 22.6 Å². The number of rotatable bonds is 8. The predicted octanol–water partition coefficient (Wildman–Crippen LogP) is 5.04. The highest BCUT2D eigenvalue weighted by Gasteiger charge is 2.33. The minimum absolute atomic E-state index is 0.0529. The summed E-state index contributed by atoms with van der Waals surface area (Å²) in [4.78, 5) is 27.4. The molecule has 2 unspecified atom stereocenters. The van der Waals surface area contributed by atoms with Crippen molar-refractivity contribution < 1.29 is 27.9 Å². The number of nitrogens with zero attached hydrogens (tertiary/aromatic N) is 1. The Morgan fingerprint density at radius 1 is 1.13 bits per heavy atom. The molecule has 0 aliphatic carbocycles. The third kappa shape index (κ3) is 5.75. The first kappa shape index (κ1) is 26.0. The monoisotopic (exact) mass is 520 g/mol. The van der Waals surface area contributed by atoms with Gasteiger partial charge in [-0.1, -0.05) is 32.0 Å². The van der Waals surface area contributed by atoms with Crippen LogP contribution in [0.3, 0.4) is 0 Å². The van der Waals surface area contributed by atoms with Crippen LogP contribution >= 0.6 is 0 Å². The van der Waals surface area contributed by atoms with Crippen LogP contribution in [0.25, 0.3) is 0 Å². The molecule has 0 saturated carbocycles. The van der Waals surface area contributed by atoms with Gasteiger partial charge in [-0.05, 0) is 72.4 Å². The van der Waals surface area contributed by atoms with Gasteiger partial charge in [-0.2, -0.15) is 0 Å². The van der Waals surface area contributed by atoms with Gasteiger partial charge in [-0.25, -0.2) is 4.39 Å². The summed E-state index contributed by atoms with van der Waals surface area (Å²) in [6, 6.07) is 15.2. The molecule has 2 aromatic carbocycles. The standard InChI is InChI=1S/C30H33FN2O5/c1-19(2)30(35)33-14-13-20-7-10-23(16-26(20)28(33)21-5-8-22(31)9-6-21)37-18-25-11-12-27(38-25)29(34)32-17-24-4-3-15-36-24/h5-12,16,19,24,28H,3-4,13-15,17-18H2,1-2H3,(H,32,34). The molecule has 7 nitrogen and oxygen atoms in total. The van der Waals surface area contributed by atoms with Crippen molar-refractivity contribution in [1.82, 2.24) is 10.2 Å². The molecule has 1 aromatic heterocycles. The summed E-state index contributed by atoms with van der Waals surface area (Å²) in [5.74, 6) is 0.671. The lowest BCUT2D eigenvalue weighted by Gasteiger charge is -2.39. The van der Waals surface area contributed by atoms with E-state index in [1.165, 1.54) is 12.1 Å². The molecule has 1 N–H and O–H groups in total. The van der Waals surface area contributed by atoms with Crippen molar-refractivity contribution in [3.05, 3.63) is 88.6 Å². The molecule has 2 amide bonds. The average Bonchev–Trinajstić information content (AvgIpc) is 3.62. The fourth-order valence-electron chi connectivity index (χ4n) is 5.09. The number of ether oxygens (including phenoxy) is 2. The summed E-state index contributed by atoms with van der Waals surface area (Å²) in [6.45, 7) is 5.72. The maximum atomic E-state index is 13.7. The Balaban J connectivity index is 1.30. The SMILES string of the molecule is CC(C)C(=O)N1CCc2ccc(OCc3ccc(C(=O)NCC4CCCO4)o3)cc2C1c1ccc(F)cc1. The number of hydrogen-bond donors (Lipinski definition) is 1. The molecule has 5 rings (SSSR count). The van der Waals surface area contributed by atoms with E-state index in [0.717, 1.165) is 42.6 Å². The number of amides is 2. The highest BCUT2D eigenvalue weighted by Crippen LogP contribution is 2.38. The Bertz CT molecular complexity index is 1280. The third-order valence-electron chi connectivity index (χ3n) is 7.09. The zero-order valence-electron chi connectivity index (χ0n) is 21.7. The Morgan fingerprint density at radius 2 is 1.95 bits per heavy atom. The smallest absolute Gasteiger partial charge is 0.287 e. The quantitative estimate of drug-likeness (QED) is 0.450. The maximum Gasteiger partial charge on any atom is 0.287 e. The van der Waals surface area contributed by atoms with E-state index in [2.05, 4.69) is 5.32 Å². The topological polar surface area (TPSA) is 81.0 Å². The Hall–Kier alpha value is -3.65. The molecule has 38 heavy (non-hydrogen) atoms. The predicted molar refractivity (Wildman–Crippen MR) is 139 cm³/mol. The molecule has 1 saturated heterocycles. The van der Waals surface area contributed by atoms with Crippen molar-refractivity contribution in [3.63, 3.8) is 0 Å². The van der Waals surface area contributed by atoms with E-state index in [9.17, 15) is 14.0 Å². The lowest BCUT2D eigenvalue weighted by molar-refractivity contribution is -0.136. The molecule has 0 bridgehead atoms. The lowest BCUT2D eigenvalue weighted by Crippen LogP contribution is -2.42. The highest BCUT2D eigenvalue weighted by atomic mass is 19.1. The molecule has 8 heteroatoms. The van der Waals surface area contributed by atoms with Gasteiger partial charge in [0.25, 0.3) is 5.91 Å². The van der Waals surface area contributed by atoms with E-state index >= 15 is 0 Å².